The number of sulfone groups is 1. The van der Waals surface area contributed by atoms with E-state index in [4.69, 9.17) is 0 Å². The van der Waals surface area contributed by atoms with Crippen LogP contribution >= 0.6 is 11.3 Å². The average molecular weight is 256 g/mol. The van der Waals surface area contributed by atoms with Crippen molar-refractivity contribution in [2.45, 2.75) is 6.54 Å². The van der Waals surface area contributed by atoms with Gasteiger partial charge in [0.05, 0.1) is 10.6 Å². The molecule has 16 heavy (non-hydrogen) atoms. The molecule has 6 heteroatoms. The molecule has 0 unspecified atom stereocenters. The molecular formula is C10H12N2O2S2. The van der Waals surface area contributed by atoms with E-state index in [1.54, 1.807) is 23.7 Å². The van der Waals surface area contributed by atoms with Gasteiger partial charge in [0.15, 0.2) is 0 Å². The van der Waals surface area contributed by atoms with Crippen molar-refractivity contribution >= 4 is 21.2 Å². The molecule has 0 spiro atoms. The maximum Gasteiger partial charge on any atom is 0.150 e. The van der Waals surface area contributed by atoms with E-state index in [0.717, 1.165) is 10.7 Å². The van der Waals surface area contributed by atoms with Gasteiger partial charge in [0.1, 0.15) is 15.7 Å². The lowest BCUT2D eigenvalue weighted by Gasteiger charge is -2.04. The van der Waals surface area contributed by atoms with Crippen LogP contribution < -0.4 is 0 Å². The Bertz CT molecular complexity index is 555. The van der Waals surface area contributed by atoms with Crippen molar-refractivity contribution < 1.29 is 8.42 Å². The van der Waals surface area contributed by atoms with Gasteiger partial charge in [0.25, 0.3) is 0 Å². The topological polar surface area (TPSA) is 52.0 Å². The molecule has 0 aliphatic carbocycles. The van der Waals surface area contributed by atoms with Gasteiger partial charge >= 0.3 is 0 Å². The maximum atomic E-state index is 11.1. The van der Waals surface area contributed by atoms with Crippen LogP contribution in [0.15, 0.2) is 29.9 Å². The van der Waals surface area contributed by atoms with Crippen molar-refractivity contribution in [3.05, 3.63) is 29.9 Å². The molecule has 0 saturated carbocycles. The molecule has 0 aliphatic heterocycles. The van der Waals surface area contributed by atoms with Gasteiger partial charge in [-0.2, -0.15) is 0 Å². The third kappa shape index (κ3) is 2.70. The Kier molecular flexibility index (Phi) is 3.11. The summed E-state index contributed by atoms with van der Waals surface area (Å²) in [5.74, 6) is 0.973. The van der Waals surface area contributed by atoms with Gasteiger partial charge in [-0.15, -0.1) is 11.3 Å². The molecule has 4 nitrogen and oxygen atoms in total. The van der Waals surface area contributed by atoms with Gasteiger partial charge in [-0.05, 0) is 11.4 Å². The van der Waals surface area contributed by atoms with Crippen LogP contribution in [0.4, 0.5) is 0 Å². The minimum absolute atomic E-state index is 0.141. The third-order valence-electron chi connectivity index (χ3n) is 2.16. The molecule has 0 radical (unpaired) electrons. The van der Waals surface area contributed by atoms with Gasteiger partial charge in [-0.25, -0.2) is 13.4 Å². The summed E-state index contributed by atoms with van der Waals surface area (Å²) in [5, 5.41) is 1.98. The molecule has 2 aromatic rings. The van der Waals surface area contributed by atoms with E-state index >= 15 is 0 Å². The predicted molar refractivity (Wildman–Crippen MR) is 65.3 cm³/mol. The smallest absolute Gasteiger partial charge is 0.150 e. The number of nitrogens with zero attached hydrogens (tertiary/aromatic N) is 2. The summed E-state index contributed by atoms with van der Waals surface area (Å²) < 4.78 is 24.1. The number of imidazole rings is 1. The summed E-state index contributed by atoms with van der Waals surface area (Å²) in [4.78, 5) is 5.29. The van der Waals surface area contributed by atoms with E-state index < -0.39 is 9.84 Å². The summed E-state index contributed by atoms with van der Waals surface area (Å²) in [5.41, 5.74) is 0. The number of thiophene rings is 1. The molecule has 2 aromatic heterocycles. The van der Waals surface area contributed by atoms with E-state index in [1.807, 2.05) is 22.1 Å². The maximum absolute atomic E-state index is 11.1. The Labute approximate surface area is 98.5 Å². The highest BCUT2D eigenvalue weighted by atomic mass is 32.2. The molecule has 0 fully saturated rings. The molecule has 86 valence electrons. The van der Waals surface area contributed by atoms with Crippen LogP contribution in [0.1, 0.15) is 0 Å². The van der Waals surface area contributed by atoms with E-state index in [1.165, 1.54) is 6.26 Å². The highest BCUT2D eigenvalue weighted by molar-refractivity contribution is 7.90. The van der Waals surface area contributed by atoms with Crippen LogP contribution in [0, 0.1) is 0 Å². The second-order valence-corrected chi connectivity index (χ2v) is 6.76. The first-order valence-corrected chi connectivity index (χ1v) is 7.73. The first-order valence-electron chi connectivity index (χ1n) is 4.79. The van der Waals surface area contributed by atoms with Crippen LogP contribution in [0.3, 0.4) is 0 Å². The monoisotopic (exact) mass is 256 g/mol. The van der Waals surface area contributed by atoms with Crippen molar-refractivity contribution in [2.75, 3.05) is 12.0 Å². The lowest BCUT2D eigenvalue weighted by Crippen LogP contribution is -2.11. The standard InChI is InChI=1S/C10H12N2O2S2/c1-16(13,14)8-6-12-5-4-11-10(12)9-3-2-7-15-9/h2-5,7H,6,8H2,1H3. The molecular weight excluding hydrogens is 244 g/mol. The Hall–Kier alpha value is -1.14. The fourth-order valence-corrected chi connectivity index (χ4v) is 2.65. The van der Waals surface area contributed by atoms with Gasteiger partial charge in [0.2, 0.25) is 0 Å². The Morgan fingerprint density at radius 2 is 2.31 bits per heavy atom. The molecule has 2 heterocycles. The van der Waals surface area contributed by atoms with E-state index in [0.29, 0.717) is 6.54 Å². The summed E-state index contributed by atoms with van der Waals surface area (Å²) in [6.07, 6.45) is 4.74. The van der Waals surface area contributed by atoms with E-state index in [-0.39, 0.29) is 5.75 Å². The van der Waals surface area contributed by atoms with Gasteiger partial charge in [-0.1, -0.05) is 6.07 Å². The Balaban J connectivity index is 2.21. The van der Waals surface area contributed by atoms with E-state index in [9.17, 15) is 8.42 Å². The lowest BCUT2D eigenvalue weighted by atomic mass is 10.4. The summed E-state index contributed by atoms with van der Waals surface area (Å²) in [6, 6.07) is 3.93. The molecule has 0 aliphatic rings. The van der Waals surface area contributed by atoms with Crippen molar-refractivity contribution in [3.8, 4) is 10.7 Å². The summed E-state index contributed by atoms with van der Waals surface area (Å²) in [6.45, 7) is 0.450. The second kappa shape index (κ2) is 4.39. The Morgan fingerprint density at radius 3 is 2.94 bits per heavy atom. The molecule has 0 bridgehead atoms. The number of hydrogen-bond donors (Lipinski definition) is 0. The normalized spacial score (nSPS) is 11.8. The first kappa shape index (κ1) is 11.3. The van der Waals surface area contributed by atoms with Gasteiger partial charge in [0, 0.05) is 25.2 Å². The van der Waals surface area contributed by atoms with Crippen molar-refractivity contribution in [3.63, 3.8) is 0 Å². The Morgan fingerprint density at radius 1 is 1.50 bits per heavy atom. The quantitative estimate of drug-likeness (QED) is 0.836. The highest BCUT2D eigenvalue weighted by Gasteiger charge is 2.09. The minimum Gasteiger partial charge on any atom is -0.329 e. The van der Waals surface area contributed by atoms with Crippen LogP contribution in [0.5, 0.6) is 0 Å². The van der Waals surface area contributed by atoms with Gasteiger partial charge in [-0.3, -0.25) is 0 Å². The fraction of sp³-hybridized carbons (Fsp3) is 0.300. The van der Waals surface area contributed by atoms with Gasteiger partial charge < -0.3 is 4.57 Å². The third-order valence-corrected chi connectivity index (χ3v) is 3.95. The number of aromatic nitrogens is 2. The average Bonchev–Trinajstić information content (AvgIpc) is 2.84. The van der Waals surface area contributed by atoms with Crippen LogP contribution in [0.2, 0.25) is 0 Å². The molecule has 0 aromatic carbocycles. The fourth-order valence-electron chi connectivity index (χ4n) is 1.38. The van der Waals surface area contributed by atoms with Crippen LogP contribution in [-0.4, -0.2) is 30.0 Å². The van der Waals surface area contributed by atoms with E-state index in [2.05, 4.69) is 4.98 Å². The van der Waals surface area contributed by atoms with Crippen molar-refractivity contribution in [2.24, 2.45) is 0 Å². The SMILES string of the molecule is CS(=O)(=O)CCn1ccnc1-c1cccs1. The lowest BCUT2D eigenvalue weighted by molar-refractivity contribution is 0.595. The zero-order chi connectivity index (χ0) is 11.6. The largest absolute Gasteiger partial charge is 0.329 e. The summed E-state index contributed by atoms with van der Waals surface area (Å²) >= 11 is 1.60. The zero-order valence-corrected chi connectivity index (χ0v) is 10.5. The highest BCUT2D eigenvalue weighted by Crippen LogP contribution is 2.22. The molecule has 0 saturated heterocycles. The molecule has 0 N–H and O–H groups in total. The first-order chi connectivity index (χ1) is 7.56. The van der Waals surface area contributed by atoms with Crippen molar-refractivity contribution in [1.82, 2.24) is 9.55 Å². The van der Waals surface area contributed by atoms with Crippen molar-refractivity contribution in [1.29, 1.82) is 0 Å². The predicted octanol–water partition coefficient (Wildman–Crippen LogP) is 1.66. The number of hydrogen-bond acceptors (Lipinski definition) is 4. The minimum atomic E-state index is -2.93. The molecule has 0 atom stereocenters. The second-order valence-electron chi connectivity index (χ2n) is 3.55. The summed E-state index contributed by atoms with van der Waals surface area (Å²) in [7, 11) is -2.93. The van der Waals surface area contributed by atoms with Crippen LogP contribution in [-0.2, 0) is 16.4 Å². The van der Waals surface area contributed by atoms with Crippen LogP contribution in [0.25, 0.3) is 10.7 Å². The zero-order valence-electron chi connectivity index (χ0n) is 8.83. The number of rotatable bonds is 4. The number of aryl methyl sites for hydroxylation is 1. The molecule has 0 amide bonds. The molecule has 2 rings (SSSR count).